The second-order valence-electron chi connectivity index (χ2n) is 3.78. The van der Waals surface area contributed by atoms with Gasteiger partial charge in [0.05, 0.1) is 5.56 Å². The highest BCUT2D eigenvalue weighted by Crippen LogP contribution is 2.34. The molecule has 4 heteroatoms. The Hall–Kier alpha value is -1.45. The molecule has 0 amide bonds. The number of carbonyl (C=O) groups is 1. The lowest BCUT2D eigenvalue weighted by molar-refractivity contribution is -0.0124. The average molecular weight is 212 g/mol. The van der Waals surface area contributed by atoms with Crippen molar-refractivity contribution >= 4 is 5.97 Å². The lowest BCUT2D eigenvalue weighted by Crippen LogP contribution is -2.27. The molecule has 1 aromatic rings. The minimum absolute atomic E-state index is 0.144. The molecule has 0 aliphatic heterocycles. The molecule has 0 saturated carbocycles. The molecule has 0 radical (unpaired) electrons. The van der Waals surface area contributed by atoms with Crippen LogP contribution in [0.15, 0.2) is 18.2 Å². The maximum atomic E-state index is 13.1. The standard InChI is InChI=1S/C11H10F2O2/c12-11(13)5-4-8-7(6-11)2-1-3-9(8)10(14)15/h1-3H,4-6H2,(H,14,15). The fourth-order valence-electron chi connectivity index (χ4n) is 1.97. The van der Waals surface area contributed by atoms with Crippen molar-refractivity contribution in [2.45, 2.75) is 25.2 Å². The van der Waals surface area contributed by atoms with E-state index < -0.39 is 11.9 Å². The van der Waals surface area contributed by atoms with Gasteiger partial charge >= 0.3 is 5.97 Å². The van der Waals surface area contributed by atoms with Gasteiger partial charge in [-0.05, 0) is 23.6 Å². The van der Waals surface area contributed by atoms with Crippen LogP contribution in [0.1, 0.15) is 27.9 Å². The van der Waals surface area contributed by atoms with Gasteiger partial charge in [-0.2, -0.15) is 0 Å². The molecule has 1 aliphatic rings. The molecular weight excluding hydrogens is 202 g/mol. The first-order valence-corrected chi connectivity index (χ1v) is 4.71. The number of hydrogen-bond acceptors (Lipinski definition) is 1. The Bertz CT molecular complexity index is 413. The minimum atomic E-state index is -2.69. The lowest BCUT2D eigenvalue weighted by atomic mass is 9.86. The van der Waals surface area contributed by atoms with E-state index in [1.54, 1.807) is 6.07 Å². The van der Waals surface area contributed by atoms with E-state index in [0.717, 1.165) is 0 Å². The Morgan fingerprint density at radius 2 is 2.13 bits per heavy atom. The Morgan fingerprint density at radius 1 is 1.40 bits per heavy atom. The minimum Gasteiger partial charge on any atom is -0.478 e. The van der Waals surface area contributed by atoms with Gasteiger partial charge in [0.15, 0.2) is 0 Å². The molecule has 1 aromatic carbocycles. The highest BCUT2D eigenvalue weighted by molar-refractivity contribution is 5.89. The summed E-state index contributed by atoms with van der Waals surface area (Å²) in [6.45, 7) is 0. The predicted octanol–water partition coefficient (Wildman–Crippen LogP) is 2.51. The van der Waals surface area contributed by atoms with Crippen molar-refractivity contribution < 1.29 is 18.7 Å². The van der Waals surface area contributed by atoms with E-state index in [9.17, 15) is 13.6 Å². The van der Waals surface area contributed by atoms with E-state index in [0.29, 0.717) is 11.1 Å². The summed E-state index contributed by atoms with van der Waals surface area (Å²) in [6.07, 6.45) is -0.460. The third-order valence-corrected chi connectivity index (χ3v) is 2.69. The molecule has 0 heterocycles. The number of carboxylic acids is 1. The number of carboxylic acid groups (broad SMARTS) is 1. The highest BCUT2D eigenvalue weighted by atomic mass is 19.3. The van der Waals surface area contributed by atoms with Gasteiger partial charge in [-0.3, -0.25) is 0 Å². The molecule has 0 unspecified atom stereocenters. The molecule has 80 valence electrons. The number of rotatable bonds is 1. The van der Waals surface area contributed by atoms with Crippen molar-refractivity contribution in [1.29, 1.82) is 0 Å². The van der Waals surface area contributed by atoms with Crippen molar-refractivity contribution in [3.05, 3.63) is 34.9 Å². The lowest BCUT2D eigenvalue weighted by Gasteiger charge is -2.25. The van der Waals surface area contributed by atoms with Crippen LogP contribution in [0, 0.1) is 0 Å². The maximum Gasteiger partial charge on any atom is 0.335 e. The van der Waals surface area contributed by atoms with Gasteiger partial charge < -0.3 is 5.11 Å². The molecule has 2 rings (SSSR count). The van der Waals surface area contributed by atoms with Crippen LogP contribution in [0.3, 0.4) is 0 Å². The second kappa shape index (κ2) is 3.29. The Morgan fingerprint density at radius 3 is 2.80 bits per heavy atom. The highest BCUT2D eigenvalue weighted by Gasteiger charge is 2.35. The summed E-state index contributed by atoms with van der Waals surface area (Å²) in [5.74, 6) is -3.73. The maximum absolute atomic E-state index is 13.1. The summed E-state index contributed by atoms with van der Waals surface area (Å²) in [6, 6.07) is 4.56. The Kier molecular flexibility index (Phi) is 2.21. The van der Waals surface area contributed by atoms with Crippen molar-refractivity contribution in [2.24, 2.45) is 0 Å². The van der Waals surface area contributed by atoms with Crippen LogP contribution < -0.4 is 0 Å². The van der Waals surface area contributed by atoms with Gasteiger partial charge in [0, 0.05) is 12.8 Å². The predicted molar refractivity (Wildman–Crippen MR) is 50.4 cm³/mol. The monoisotopic (exact) mass is 212 g/mol. The zero-order valence-corrected chi connectivity index (χ0v) is 7.96. The van der Waals surface area contributed by atoms with Crippen LogP contribution in [0.25, 0.3) is 0 Å². The molecule has 0 aromatic heterocycles. The summed E-state index contributed by atoms with van der Waals surface area (Å²) in [4.78, 5) is 10.8. The molecule has 1 N–H and O–H groups in total. The molecule has 15 heavy (non-hydrogen) atoms. The molecular formula is C11H10F2O2. The smallest absolute Gasteiger partial charge is 0.335 e. The molecule has 0 fully saturated rings. The third kappa shape index (κ3) is 1.84. The third-order valence-electron chi connectivity index (χ3n) is 2.69. The summed E-state index contributed by atoms with van der Waals surface area (Å²) in [7, 11) is 0. The number of halogens is 2. The molecule has 0 bridgehead atoms. The normalized spacial score (nSPS) is 18.3. The SMILES string of the molecule is O=C(O)c1cccc2c1CCC(F)(F)C2. The zero-order valence-electron chi connectivity index (χ0n) is 7.96. The number of aromatic carboxylic acids is 1. The Labute approximate surface area is 85.5 Å². The van der Waals surface area contributed by atoms with E-state index in [-0.39, 0.29) is 24.8 Å². The van der Waals surface area contributed by atoms with Gasteiger partial charge in [-0.25, -0.2) is 13.6 Å². The van der Waals surface area contributed by atoms with Crippen LogP contribution in [0.2, 0.25) is 0 Å². The van der Waals surface area contributed by atoms with Crippen LogP contribution in [-0.4, -0.2) is 17.0 Å². The average Bonchev–Trinajstić information content (AvgIpc) is 2.14. The molecule has 0 saturated heterocycles. The summed E-state index contributed by atoms with van der Waals surface area (Å²) < 4.78 is 26.1. The van der Waals surface area contributed by atoms with Crippen LogP contribution in [0.5, 0.6) is 0 Å². The van der Waals surface area contributed by atoms with Crippen LogP contribution in [-0.2, 0) is 12.8 Å². The quantitative estimate of drug-likeness (QED) is 0.776. The van der Waals surface area contributed by atoms with Gasteiger partial charge in [0.1, 0.15) is 0 Å². The summed E-state index contributed by atoms with van der Waals surface area (Å²) in [5.41, 5.74) is 1.19. The fourth-order valence-corrected chi connectivity index (χ4v) is 1.97. The van der Waals surface area contributed by atoms with Crippen molar-refractivity contribution in [3.8, 4) is 0 Å². The largest absolute Gasteiger partial charge is 0.478 e. The molecule has 1 aliphatic carbocycles. The van der Waals surface area contributed by atoms with Gasteiger partial charge in [-0.15, -0.1) is 0 Å². The van der Waals surface area contributed by atoms with E-state index in [2.05, 4.69) is 0 Å². The first-order chi connectivity index (χ1) is 6.99. The van der Waals surface area contributed by atoms with Crippen molar-refractivity contribution in [1.82, 2.24) is 0 Å². The van der Waals surface area contributed by atoms with Crippen molar-refractivity contribution in [3.63, 3.8) is 0 Å². The second-order valence-corrected chi connectivity index (χ2v) is 3.78. The summed E-state index contributed by atoms with van der Waals surface area (Å²) in [5, 5.41) is 8.88. The number of alkyl halides is 2. The van der Waals surface area contributed by atoms with Gasteiger partial charge in [-0.1, -0.05) is 12.1 Å². The van der Waals surface area contributed by atoms with E-state index in [1.165, 1.54) is 12.1 Å². The number of fused-ring (bicyclic) bond motifs is 1. The molecule has 0 spiro atoms. The van der Waals surface area contributed by atoms with Crippen molar-refractivity contribution in [2.75, 3.05) is 0 Å². The van der Waals surface area contributed by atoms with E-state index in [4.69, 9.17) is 5.11 Å². The first-order valence-electron chi connectivity index (χ1n) is 4.71. The van der Waals surface area contributed by atoms with E-state index >= 15 is 0 Å². The fraction of sp³-hybridized carbons (Fsp3) is 0.364. The molecule has 2 nitrogen and oxygen atoms in total. The topological polar surface area (TPSA) is 37.3 Å². The van der Waals surface area contributed by atoms with Crippen LogP contribution >= 0.6 is 0 Å². The Balaban J connectivity index is 2.47. The van der Waals surface area contributed by atoms with E-state index in [1.807, 2.05) is 0 Å². The number of benzene rings is 1. The zero-order chi connectivity index (χ0) is 11.1. The van der Waals surface area contributed by atoms with Gasteiger partial charge in [0.25, 0.3) is 5.92 Å². The van der Waals surface area contributed by atoms with Gasteiger partial charge in [0.2, 0.25) is 0 Å². The summed E-state index contributed by atoms with van der Waals surface area (Å²) >= 11 is 0. The van der Waals surface area contributed by atoms with Crippen LogP contribution in [0.4, 0.5) is 8.78 Å². The molecule has 0 atom stereocenters. The number of hydrogen-bond donors (Lipinski definition) is 1. The first kappa shape index (κ1) is 10.1.